The summed E-state index contributed by atoms with van der Waals surface area (Å²) >= 11 is 1.30. The summed E-state index contributed by atoms with van der Waals surface area (Å²) in [7, 11) is 0. The Morgan fingerprint density at radius 3 is 3.05 bits per heavy atom. The zero-order valence-electron chi connectivity index (χ0n) is 11.8. The molecule has 1 atom stereocenters. The van der Waals surface area contributed by atoms with Gasteiger partial charge in [-0.15, -0.1) is 0 Å². The predicted molar refractivity (Wildman–Crippen MR) is 85.9 cm³/mol. The van der Waals surface area contributed by atoms with E-state index in [4.69, 9.17) is 5.73 Å². The molecule has 3 rings (SSSR count). The van der Waals surface area contributed by atoms with Crippen molar-refractivity contribution < 1.29 is 4.79 Å². The van der Waals surface area contributed by atoms with Crippen molar-refractivity contribution in [1.82, 2.24) is 10.3 Å². The Kier molecular flexibility index (Phi) is 3.79. The molecule has 5 nitrogen and oxygen atoms in total. The summed E-state index contributed by atoms with van der Waals surface area (Å²) < 4.78 is 0. The topological polar surface area (TPSA) is 80.0 Å². The quantitative estimate of drug-likeness (QED) is 0.791. The maximum atomic E-state index is 12.2. The number of carbonyl (C=O) groups is 1. The van der Waals surface area contributed by atoms with Gasteiger partial charge >= 0.3 is 0 Å². The third-order valence-electron chi connectivity index (χ3n) is 3.66. The van der Waals surface area contributed by atoms with Gasteiger partial charge in [0.25, 0.3) is 5.91 Å². The number of nitrogens with one attached hydrogen (secondary N) is 2. The van der Waals surface area contributed by atoms with Gasteiger partial charge in [-0.05, 0) is 24.5 Å². The van der Waals surface area contributed by atoms with E-state index in [9.17, 15) is 4.79 Å². The van der Waals surface area contributed by atoms with Gasteiger partial charge in [0.05, 0.1) is 0 Å². The maximum Gasteiger partial charge on any atom is 0.265 e. The first-order valence-electron chi connectivity index (χ1n) is 7.05. The van der Waals surface area contributed by atoms with Crippen molar-refractivity contribution in [3.05, 3.63) is 40.3 Å². The second-order valence-corrected chi connectivity index (χ2v) is 6.07. The molecule has 0 spiro atoms. The molecule has 0 aliphatic heterocycles. The molecule has 0 saturated heterocycles. The summed E-state index contributed by atoms with van der Waals surface area (Å²) in [6.07, 6.45) is 1.03. The first-order valence-corrected chi connectivity index (χ1v) is 7.87. The molecule has 1 aliphatic carbocycles. The van der Waals surface area contributed by atoms with Crippen molar-refractivity contribution >= 4 is 28.2 Å². The Hall–Kier alpha value is -2.08. The second-order valence-electron chi connectivity index (χ2n) is 5.07. The summed E-state index contributed by atoms with van der Waals surface area (Å²) in [5.41, 5.74) is 8.52. The Labute approximate surface area is 127 Å². The van der Waals surface area contributed by atoms with Crippen LogP contribution in [0.4, 0.5) is 10.9 Å². The lowest BCUT2D eigenvalue weighted by Crippen LogP contribution is -2.33. The summed E-state index contributed by atoms with van der Waals surface area (Å²) in [6, 6.07) is 8.35. The number of nitrogens with zero attached hydrogens (tertiary/aromatic N) is 1. The number of nitrogen functional groups attached to an aromatic ring is 1. The van der Waals surface area contributed by atoms with Crippen molar-refractivity contribution in [2.45, 2.75) is 19.3 Å². The van der Waals surface area contributed by atoms with E-state index >= 15 is 0 Å². The van der Waals surface area contributed by atoms with Crippen LogP contribution in [-0.4, -0.2) is 24.0 Å². The number of rotatable bonds is 5. The van der Waals surface area contributed by atoms with Gasteiger partial charge in [-0.1, -0.05) is 35.6 Å². The zero-order valence-corrected chi connectivity index (χ0v) is 12.7. The monoisotopic (exact) mass is 302 g/mol. The summed E-state index contributed by atoms with van der Waals surface area (Å²) in [6.45, 7) is 3.38. The molecule has 1 unspecified atom stereocenters. The zero-order chi connectivity index (χ0) is 14.8. The fraction of sp³-hybridized carbons (Fsp3) is 0.333. The van der Waals surface area contributed by atoms with Crippen LogP contribution in [0.15, 0.2) is 24.3 Å². The van der Waals surface area contributed by atoms with Gasteiger partial charge in [0.1, 0.15) is 10.7 Å². The average molecular weight is 302 g/mol. The van der Waals surface area contributed by atoms with Gasteiger partial charge in [0.2, 0.25) is 0 Å². The fourth-order valence-electron chi connectivity index (χ4n) is 2.56. The molecule has 4 N–H and O–H groups in total. The van der Waals surface area contributed by atoms with Gasteiger partial charge in [-0.25, -0.2) is 4.98 Å². The predicted octanol–water partition coefficient (Wildman–Crippen LogP) is 2.23. The number of aromatic nitrogens is 1. The highest BCUT2D eigenvalue weighted by atomic mass is 32.1. The smallest absolute Gasteiger partial charge is 0.265 e. The van der Waals surface area contributed by atoms with E-state index in [2.05, 4.69) is 27.8 Å². The lowest BCUT2D eigenvalue weighted by Gasteiger charge is -2.30. The van der Waals surface area contributed by atoms with Crippen LogP contribution in [0, 0.1) is 0 Å². The molecular weight excluding hydrogens is 284 g/mol. The van der Waals surface area contributed by atoms with E-state index in [1.165, 1.54) is 22.5 Å². The molecule has 1 amide bonds. The van der Waals surface area contributed by atoms with E-state index in [0.717, 1.165) is 13.0 Å². The molecule has 0 bridgehead atoms. The van der Waals surface area contributed by atoms with Gasteiger partial charge < -0.3 is 16.4 Å². The summed E-state index contributed by atoms with van der Waals surface area (Å²) in [5, 5.41) is 6.72. The molecular formula is C15H18N4OS. The van der Waals surface area contributed by atoms with Crippen LogP contribution >= 0.6 is 11.3 Å². The van der Waals surface area contributed by atoms with Gasteiger partial charge in [-0.2, -0.15) is 0 Å². The highest BCUT2D eigenvalue weighted by Crippen LogP contribution is 2.34. The largest absolute Gasteiger partial charge is 0.382 e. The normalized spacial score (nSPS) is 16.0. The van der Waals surface area contributed by atoms with E-state index in [0.29, 0.717) is 28.3 Å². The minimum absolute atomic E-state index is 0.140. The maximum absolute atomic E-state index is 12.2. The van der Waals surface area contributed by atoms with Gasteiger partial charge in [0, 0.05) is 19.0 Å². The highest BCUT2D eigenvalue weighted by molar-refractivity contribution is 7.18. The molecule has 1 aromatic heterocycles. The van der Waals surface area contributed by atoms with E-state index in [1.807, 2.05) is 19.1 Å². The molecule has 21 heavy (non-hydrogen) atoms. The number of thiazole rings is 1. The lowest BCUT2D eigenvalue weighted by molar-refractivity contribution is 0.0955. The van der Waals surface area contributed by atoms with E-state index in [1.54, 1.807) is 0 Å². The lowest BCUT2D eigenvalue weighted by atomic mass is 9.77. The number of hydrogen-bond acceptors (Lipinski definition) is 5. The number of fused-ring (bicyclic) bond motifs is 1. The molecule has 0 fully saturated rings. The molecule has 110 valence electrons. The van der Waals surface area contributed by atoms with Crippen LogP contribution in [0.1, 0.15) is 33.6 Å². The van der Waals surface area contributed by atoms with Crippen molar-refractivity contribution in [3.8, 4) is 0 Å². The van der Waals surface area contributed by atoms with Crippen LogP contribution in [0.2, 0.25) is 0 Å². The van der Waals surface area contributed by atoms with Crippen molar-refractivity contribution in [1.29, 1.82) is 0 Å². The van der Waals surface area contributed by atoms with E-state index in [-0.39, 0.29) is 5.91 Å². The van der Waals surface area contributed by atoms with Crippen LogP contribution in [0.25, 0.3) is 0 Å². The highest BCUT2D eigenvalue weighted by Gasteiger charge is 2.26. The van der Waals surface area contributed by atoms with Gasteiger partial charge in [0.15, 0.2) is 5.13 Å². The molecule has 0 radical (unpaired) electrons. The van der Waals surface area contributed by atoms with Crippen LogP contribution < -0.4 is 16.4 Å². The van der Waals surface area contributed by atoms with Crippen LogP contribution in [0.3, 0.4) is 0 Å². The number of benzene rings is 1. The Morgan fingerprint density at radius 1 is 1.48 bits per heavy atom. The third-order valence-corrected chi connectivity index (χ3v) is 4.69. The van der Waals surface area contributed by atoms with Crippen molar-refractivity contribution in [3.63, 3.8) is 0 Å². The molecule has 0 saturated carbocycles. The third kappa shape index (κ3) is 2.71. The minimum atomic E-state index is -0.140. The molecule has 2 aromatic rings. The summed E-state index contributed by atoms with van der Waals surface area (Å²) in [4.78, 5) is 16.8. The summed E-state index contributed by atoms with van der Waals surface area (Å²) in [5.74, 6) is 0.563. The minimum Gasteiger partial charge on any atom is -0.382 e. The van der Waals surface area contributed by atoms with Gasteiger partial charge in [-0.3, -0.25) is 4.79 Å². The molecule has 6 heteroatoms. The molecule has 1 aromatic carbocycles. The van der Waals surface area contributed by atoms with Crippen molar-refractivity contribution in [2.24, 2.45) is 0 Å². The molecule has 1 aliphatic rings. The Bertz CT molecular complexity index is 667. The number of hydrogen-bond donors (Lipinski definition) is 3. The first kappa shape index (κ1) is 13.9. The number of amides is 1. The number of nitrogens with two attached hydrogens (primary N) is 1. The Balaban J connectivity index is 1.60. The van der Waals surface area contributed by atoms with Crippen LogP contribution in [-0.2, 0) is 6.42 Å². The first-order chi connectivity index (χ1) is 10.2. The SMILES string of the molecule is CCNc1nc(N)c(C(=O)NCC2Cc3ccccc32)s1. The van der Waals surface area contributed by atoms with Crippen LogP contribution in [0.5, 0.6) is 0 Å². The van der Waals surface area contributed by atoms with E-state index < -0.39 is 0 Å². The number of anilines is 2. The standard InChI is InChI=1S/C15H18N4OS/c1-2-17-15-19-13(16)12(21-15)14(20)18-8-10-7-9-5-3-4-6-11(9)10/h3-6,10H,2,7-8,16H2,1H3,(H,17,19)(H,18,20). The Morgan fingerprint density at radius 2 is 2.29 bits per heavy atom. The number of carbonyl (C=O) groups excluding carboxylic acids is 1. The second kappa shape index (κ2) is 5.73. The average Bonchev–Trinajstić information content (AvgIpc) is 2.81. The molecule has 1 heterocycles. The van der Waals surface area contributed by atoms with Crippen molar-refractivity contribution in [2.75, 3.05) is 24.1 Å². The fourth-order valence-corrected chi connectivity index (χ4v) is 3.43.